The molecule has 1 N–H and O–H groups in total. The van der Waals surface area contributed by atoms with Crippen LogP contribution in [0.1, 0.15) is 35.6 Å². The van der Waals surface area contributed by atoms with Gasteiger partial charge in [-0.15, -0.1) is 0 Å². The topological polar surface area (TPSA) is 101 Å². The van der Waals surface area contributed by atoms with Gasteiger partial charge in [0.25, 0.3) is 11.5 Å². The lowest BCUT2D eigenvalue weighted by atomic mass is 9.92. The lowest BCUT2D eigenvalue weighted by Crippen LogP contribution is -2.42. The zero-order chi connectivity index (χ0) is 26.4. The van der Waals surface area contributed by atoms with Crippen molar-refractivity contribution < 1.29 is 23.2 Å². The normalized spacial score (nSPS) is 18.2. The Morgan fingerprint density at radius 3 is 2.53 bits per heavy atom. The van der Waals surface area contributed by atoms with Crippen molar-refractivity contribution in [3.05, 3.63) is 108 Å². The summed E-state index contributed by atoms with van der Waals surface area (Å²) in [6, 6.07) is 19.9. The number of imide groups is 1. The first-order chi connectivity index (χ1) is 18.4. The minimum absolute atomic E-state index is 0.0858. The highest BCUT2D eigenvalue weighted by molar-refractivity contribution is 6.04. The Balaban J connectivity index is 1.45. The summed E-state index contributed by atoms with van der Waals surface area (Å²) >= 11 is 0. The molecule has 2 amide bonds. The number of amides is 2. The van der Waals surface area contributed by atoms with E-state index in [2.05, 4.69) is 10.1 Å². The minimum Gasteiger partial charge on any atom is -0.424 e. The number of hydrogen-bond donors (Lipinski definition) is 1. The average molecular weight is 511 g/mol. The highest BCUT2D eigenvalue weighted by Crippen LogP contribution is 2.41. The van der Waals surface area contributed by atoms with Crippen molar-refractivity contribution in [3.8, 4) is 11.1 Å². The molecule has 8 nitrogen and oxygen atoms in total. The molecular weight excluding hydrogens is 487 g/mol. The maximum Gasteiger partial charge on any atom is 0.418 e. The molecule has 1 saturated heterocycles. The maximum atomic E-state index is 14.1. The largest absolute Gasteiger partial charge is 0.424 e. The van der Waals surface area contributed by atoms with Crippen LogP contribution >= 0.6 is 0 Å². The third-order valence-electron chi connectivity index (χ3n) is 6.98. The fourth-order valence-electron chi connectivity index (χ4n) is 4.91. The molecule has 1 aliphatic rings. The van der Waals surface area contributed by atoms with Crippen molar-refractivity contribution in [2.24, 2.45) is 0 Å². The van der Waals surface area contributed by atoms with Crippen molar-refractivity contribution in [3.63, 3.8) is 0 Å². The average Bonchev–Trinajstić information content (AvgIpc) is 3.60. The number of aryl methyl sites for hydroxylation is 1. The van der Waals surface area contributed by atoms with Gasteiger partial charge in [0.1, 0.15) is 12.1 Å². The number of benzene rings is 3. The molecule has 2 aromatic heterocycles. The van der Waals surface area contributed by atoms with Crippen molar-refractivity contribution >= 4 is 23.0 Å². The Morgan fingerprint density at radius 2 is 1.82 bits per heavy atom. The van der Waals surface area contributed by atoms with Crippen LogP contribution in [-0.4, -0.2) is 32.0 Å². The van der Waals surface area contributed by atoms with Gasteiger partial charge >= 0.3 is 6.09 Å². The van der Waals surface area contributed by atoms with Gasteiger partial charge in [0.15, 0.2) is 5.82 Å². The van der Waals surface area contributed by atoms with Gasteiger partial charge in [-0.25, -0.2) is 19.1 Å². The third-order valence-corrected chi connectivity index (χ3v) is 6.98. The first kappa shape index (κ1) is 23.6. The second-order valence-electron chi connectivity index (χ2n) is 9.39. The van der Waals surface area contributed by atoms with E-state index >= 15 is 0 Å². The number of carbonyl (C=O) groups is 2. The van der Waals surface area contributed by atoms with E-state index in [0.29, 0.717) is 16.6 Å². The number of nitrogens with one attached hydrogen (secondary N) is 1. The Kier molecular flexibility index (Phi) is 5.56. The first-order valence-electron chi connectivity index (χ1n) is 12.1. The molecule has 0 radical (unpaired) electrons. The van der Waals surface area contributed by atoms with Gasteiger partial charge in [0.2, 0.25) is 0 Å². The summed E-state index contributed by atoms with van der Waals surface area (Å²) in [5.41, 5.74) is 3.42. The summed E-state index contributed by atoms with van der Waals surface area (Å²) in [6.45, 7) is 3.56. The monoisotopic (exact) mass is 510 g/mol. The molecule has 0 aliphatic carbocycles. The van der Waals surface area contributed by atoms with Gasteiger partial charge in [0.05, 0.1) is 22.8 Å². The number of rotatable bonds is 6. The molecule has 38 heavy (non-hydrogen) atoms. The minimum atomic E-state index is -1.71. The quantitative estimate of drug-likeness (QED) is 0.308. The molecule has 9 heteroatoms. The fourth-order valence-corrected chi connectivity index (χ4v) is 4.91. The van der Waals surface area contributed by atoms with E-state index in [1.54, 1.807) is 25.3 Å². The fraction of sp³-hybridized carbons (Fsp3) is 0.172. The predicted molar refractivity (Wildman–Crippen MR) is 136 cm³/mol. The third kappa shape index (κ3) is 3.83. The van der Waals surface area contributed by atoms with Crippen LogP contribution in [0.3, 0.4) is 0 Å². The molecular formula is C29H23FN4O4. The second kappa shape index (κ2) is 8.95. The molecule has 3 aromatic carbocycles. The number of ether oxygens (including phenoxy) is 1. The Bertz CT molecular complexity index is 1660. The van der Waals surface area contributed by atoms with Crippen molar-refractivity contribution in [2.45, 2.75) is 31.9 Å². The number of aromatic nitrogens is 3. The standard InChI is InChI=1S/C29H23FN4O4/c1-17-23(16-37-33-17)21-10-13-24-25(14-21)32-26(31-24)29(15-19-6-4-3-5-7-19)27(35)34(28(36)38-29)18(2)20-8-11-22(30)12-9-20/h3-14,16,18H,15H2,1-2H3,(H,31,32)/t18-,29-/m1/s1. The van der Waals surface area contributed by atoms with Crippen LogP contribution in [0, 0.1) is 12.7 Å². The SMILES string of the molecule is Cc1nocc1-c1ccc2nc([C@@]3(Cc4ccccc4)OC(=O)N([C@H](C)c4ccc(F)cc4)C3=O)[nH]c2c1. The Hall–Kier alpha value is -4.79. The molecule has 0 unspecified atom stereocenters. The number of imidazole rings is 1. The molecule has 5 aromatic rings. The lowest BCUT2D eigenvalue weighted by Gasteiger charge is -2.25. The van der Waals surface area contributed by atoms with Crippen LogP contribution in [-0.2, 0) is 21.6 Å². The number of aromatic amines is 1. The molecule has 6 rings (SSSR count). The molecule has 3 heterocycles. The number of cyclic esters (lactones) is 1. The molecule has 0 bridgehead atoms. The number of nitrogens with zero attached hydrogens (tertiary/aromatic N) is 3. The van der Waals surface area contributed by atoms with E-state index in [9.17, 15) is 14.0 Å². The Morgan fingerprint density at radius 1 is 1.05 bits per heavy atom. The molecule has 190 valence electrons. The number of carbonyl (C=O) groups excluding carboxylic acids is 2. The second-order valence-corrected chi connectivity index (χ2v) is 9.39. The smallest absolute Gasteiger partial charge is 0.418 e. The highest BCUT2D eigenvalue weighted by Gasteiger charge is 2.58. The zero-order valence-electron chi connectivity index (χ0n) is 20.6. The van der Waals surface area contributed by atoms with E-state index in [4.69, 9.17) is 14.2 Å². The van der Waals surface area contributed by atoms with Crippen molar-refractivity contribution in [2.75, 3.05) is 0 Å². The van der Waals surface area contributed by atoms with Crippen LogP contribution < -0.4 is 0 Å². The summed E-state index contributed by atoms with van der Waals surface area (Å²) in [7, 11) is 0. The van der Waals surface area contributed by atoms with Crippen LogP contribution in [0.2, 0.25) is 0 Å². The number of H-pyrrole nitrogens is 1. The van der Waals surface area contributed by atoms with Crippen molar-refractivity contribution in [1.82, 2.24) is 20.0 Å². The van der Waals surface area contributed by atoms with Crippen LogP contribution in [0.5, 0.6) is 0 Å². The van der Waals surface area contributed by atoms with E-state index in [-0.39, 0.29) is 12.2 Å². The van der Waals surface area contributed by atoms with Gasteiger partial charge in [-0.2, -0.15) is 0 Å². The number of fused-ring (bicyclic) bond motifs is 1. The van der Waals surface area contributed by atoms with Crippen LogP contribution in [0.15, 0.2) is 83.6 Å². The molecule has 0 saturated carbocycles. The van der Waals surface area contributed by atoms with Crippen LogP contribution in [0.25, 0.3) is 22.2 Å². The van der Waals surface area contributed by atoms with E-state index in [0.717, 1.165) is 27.3 Å². The molecule has 2 atom stereocenters. The summed E-state index contributed by atoms with van der Waals surface area (Å²) in [5, 5.41) is 3.94. The van der Waals surface area contributed by atoms with Crippen molar-refractivity contribution in [1.29, 1.82) is 0 Å². The van der Waals surface area contributed by atoms with E-state index < -0.39 is 29.5 Å². The summed E-state index contributed by atoms with van der Waals surface area (Å²) < 4.78 is 24.5. The van der Waals surface area contributed by atoms with Gasteiger partial charge in [-0.05, 0) is 54.8 Å². The number of halogens is 1. The number of hydrogen-bond acceptors (Lipinski definition) is 6. The lowest BCUT2D eigenvalue weighted by molar-refractivity contribution is -0.139. The Labute approximate surface area is 217 Å². The first-order valence-corrected chi connectivity index (χ1v) is 12.1. The van der Waals surface area contributed by atoms with Gasteiger partial charge in [-0.1, -0.05) is 53.7 Å². The zero-order valence-corrected chi connectivity index (χ0v) is 20.6. The summed E-state index contributed by atoms with van der Waals surface area (Å²) in [6.07, 6.45) is 0.869. The predicted octanol–water partition coefficient (Wildman–Crippen LogP) is 5.84. The van der Waals surface area contributed by atoms with Gasteiger partial charge in [0, 0.05) is 12.0 Å². The molecule has 1 fully saturated rings. The van der Waals surface area contributed by atoms with Gasteiger partial charge in [-0.3, -0.25) is 4.79 Å². The molecule has 1 aliphatic heterocycles. The molecule has 0 spiro atoms. The van der Waals surface area contributed by atoms with E-state index in [1.807, 2.05) is 55.5 Å². The maximum absolute atomic E-state index is 14.1. The van der Waals surface area contributed by atoms with Gasteiger partial charge < -0.3 is 14.2 Å². The van der Waals surface area contributed by atoms with E-state index in [1.165, 1.54) is 12.1 Å². The highest BCUT2D eigenvalue weighted by atomic mass is 19.1. The summed E-state index contributed by atoms with van der Waals surface area (Å²) in [4.78, 5) is 36.4. The summed E-state index contributed by atoms with van der Waals surface area (Å²) in [5.74, 6) is -0.724. The van der Waals surface area contributed by atoms with Crippen LogP contribution in [0.4, 0.5) is 9.18 Å².